The second kappa shape index (κ2) is 71.9. The Hall–Kier alpha value is -5.15. The van der Waals surface area contributed by atoms with Crippen molar-refractivity contribution in [1.82, 2.24) is 0 Å². The van der Waals surface area contributed by atoms with Crippen molar-refractivity contribution in [1.29, 1.82) is 0 Å². The number of rotatable bonds is 63. The van der Waals surface area contributed by atoms with Gasteiger partial charge >= 0.3 is 19.8 Å². The van der Waals surface area contributed by atoms with Gasteiger partial charge in [-0.2, -0.15) is 0 Å². The summed E-state index contributed by atoms with van der Waals surface area (Å²) in [5.74, 6) is -0.868. The lowest BCUT2D eigenvalue weighted by Gasteiger charge is -2.19. The molecule has 0 aliphatic heterocycles. The van der Waals surface area contributed by atoms with Gasteiger partial charge in [-0.15, -0.1) is 0 Å². The van der Waals surface area contributed by atoms with Crippen molar-refractivity contribution in [3.05, 3.63) is 194 Å². The molecule has 0 amide bonds. The number of phosphoric acid groups is 1. The molecular weight excluding hydrogens is 1120 g/mol. The van der Waals surface area contributed by atoms with Gasteiger partial charge in [0.2, 0.25) is 0 Å². The molecule has 0 aromatic heterocycles. The van der Waals surface area contributed by atoms with Crippen molar-refractivity contribution in [3.8, 4) is 0 Å². The van der Waals surface area contributed by atoms with E-state index in [1.54, 1.807) is 0 Å². The molecule has 0 saturated carbocycles. The van der Waals surface area contributed by atoms with Crippen LogP contribution in [0, 0.1) is 0 Å². The fraction of sp³-hybridized carbons (Fsp3) is 0.570. The smallest absolute Gasteiger partial charge is 0.462 e. The number of carbonyl (C=O) groups is 2. The van der Waals surface area contributed by atoms with E-state index in [2.05, 4.69) is 208 Å². The number of allylic oxidation sites excluding steroid dienone is 32. The number of hydrogen-bond donors (Lipinski definition) is 2. The zero-order chi connectivity index (χ0) is 64.4. The van der Waals surface area contributed by atoms with E-state index in [1.807, 2.05) is 0 Å². The van der Waals surface area contributed by atoms with Crippen LogP contribution in [0.3, 0.4) is 0 Å². The molecule has 9 nitrogen and oxygen atoms in total. The number of nitrogens with two attached hydrogens (primary N) is 1. The van der Waals surface area contributed by atoms with Gasteiger partial charge in [-0.05, 0) is 141 Å². The van der Waals surface area contributed by atoms with Crippen LogP contribution < -0.4 is 5.73 Å². The minimum atomic E-state index is -4.42. The normalized spacial score (nSPS) is 14.2. The molecule has 0 aromatic rings. The molecule has 0 heterocycles. The van der Waals surface area contributed by atoms with Crippen LogP contribution in [-0.2, 0) is 32.7 Å². The zero-order valence-electron chi connectivity index (χ0n) is 56.1. The lowest BCUT2D eigenvalue weighted by Crippen LogP contribution is -2.29. The SMILES string of the molecule is CC/C=C\C/C=C\C/C=C\C/C=C\C/C=C\C/C=C\C/C=C\C/C=C\C/C=C\C/C=C\CCCCCCC(=O)OC(COC(=O)CCCCCCCCCCCCCCCC/C=C\C/C=C\C/C=C\C/C=C\C/C=C\C/C=C\CC)COP(=O)(O)OCCN. The number of hydrogen-bond acceptors (Lipinski definition) is 8. The van der Waals surface area contributed by atoms with Crippen LogP contribution in [0.15, 0.2) is 194 Å². The first-order valence-electron chi connectivity index (χ1n) is 34.9. The van der Waals surface area contributed by atoms with Crippen LogP contribution in [0.1, 0.15) is 258 Å². The first-order valence-corrected chi connectivity index (χ1v) is 36.4. The second-order valence-corrected chi connectivity index (χ2v) is 23.7. The average molecular weight is 1250 g/mol. The average Bonchev–Trinajstić information content (AvgIpc) is 3.66. The third kappa shape index (κ3) is 71.8. The van der Waals surface area contributed by atoms with E-state index in [0.717, 1.165) is 154 Å². The molecule has 0 rings (SSSR count). The summed E-state index contributed by atoms with van der Waals surface area (Å²) in [7, 11) is -4.42. The first kappa shape index (κ1) is 83.8. The highest BCUT2D eigenvalue weighted by Gasteiger charge is 2.26. The molecule has 2 atom stereocenters. The number of ether oxygens (including phenoxy) is 2. The van der Waals surface area contributed by atoms with E-state index in [-0.39, 0.29) is 32.6 Å². The summed E-state index contributed by atoms with van der Waals surface area (Å²) in [6.45, 7) is 3.47. The van der Waals surface area contributed by atoms with Crippen LogP contribution in [0.5, 0.6) is 0 Å². The van der Waals surface area contributed by atoms with Crippen LogP contribution in [0.2, 0.25) is 0 Å². The Morgan fingerprint density at radius 2 is 0.584 bits per heavy atom. The van der Waals surface area contributed by atoms with Gasteiger partial charge in [0, 0.05) is 19.4 Å². The Morgan fingerprint density at radius 1 is 0.337 bits per heavy atom. The van der Waals surface area contributed by atoms with Crippen molar-refractivity contribution < 1.29 is 37.6 Å². The highest BCUT2D eigenvalue weighted by atomic mass is 31.2. The Labute approximate surface area is 545 Å². The Bertz CT molecular complexity index is 2160. The fourth-order valence-corrected chi connectivity index (χ4v) is 9.67. The molecule has 0 aromatic carbocycles. The molecule has 0 radical (unpaired) electrons. The molecule has 0 fully saturated rings. The van der Waals surface area contributed by atoms with Crippen molar-refractivity contribution in [2.75, 3.05) is 26.4 Å². The van der Waals surface area contributed by atoms with Gasteiger partial charge < -0.3 is 20.1 Å². The number of esters is 2. The topological polar surface area (TPSA) is 134 Å². The molecule has 2 unspecified atom stereocenters. The summed E-state index contributed by atoms with van der Waals surface area (Å²) in [5.41, 5.74) is 5.40. The lowest BCUT2D eigenvalue weighted by atomic mass is 10.0. The van der Waals surface area contributed by atoms with Crippen molar-refractivity contribution in [2.24, 2.45) is 5.73 Å². The number of carbonyl (C=O) groups excluding carboxylic acids is 2. The van der Waals surface area contributed by atoms with E-state index >= 15 is 0 Å². The van der Waals surface area contributed by atoms with Crippen molar-refractivity contribution in [3.63, 3.8) is 0 Å². The number of unbranched alkanes of at least 4 members (excludes halogenated alkanes) is 18. The van der Waals surface area contributed by atoms with Gasteiger partial charge in [0.05, 0.1) is 13.2 Å². The fourth-order valence-electron chi connectivity index (χ4n) is 8.90. The van der Waals surface area contributed by atoms with Crippen LogP contribution in [0.25, 0.3) is 0 Å². The largest absolute Gasteiger partial charge is 0.472 e. The van der Waals surface area contributed by atoms with Crippen molar-refractivity contribution >= 4 is 19.8 Å². The summed E-state index contributed by atoms with van der Waals surface area (Å²) < 4.78 is 33.1. The zero-order valence-corrected chi connectivity index (χ0v) is 57.0. The molecule has 10 heteroatoms. The van der Waals surface area contributed by atoms with Gasteiger partial charge in [0.15, 0.2) is 6.10 Å². The van der Waals surface area contributed by atoms with Gasteiger partial charge in [-0.25, -0.2) is 4.57 Å². The quantitative estimate of drug-likeness (QED) is 0.0264. The first-order chi connectivity index (χ1) is 43.8. The third-order valence-corrected chi connectivity index (χ3v) is 15.0. The minimum Gasteiger partial charge on any atom is -0.462 e. The monoisotopic (exact) mass is 1250 g/mol. The van der Waals surface area contributed by atoms with Crippen LogP contribution in [0.4, 0.5) is 0 Å². The highest BCUT2D eigenvalue weighted by molar-refractivity contribution is 7.47. The summed E-state index contributed by atoms with van der Waals surface area (Å²) >= 11 is 0. The van der Waals surface area contributed by atoms with Crippen molar-refractivity contribution in [2.45, 2.75) is 264 Å². The van der Waals surface area contributed by atoms with Gasteiger partial charge in [0.25, 0.3) is 0 Å². The standard InChI is InChI=1S/C79H126NO8P/c1-3-5-7-9-11-13-15-17-19-21-23-25-27-29-31-33-35-37-38-40-42-44-46-48-50-52-54-56-58-60-62-64-66-68-70-72-79(82)88-77(76-87-89(83,84)86-74-73-80)75-85-78(81)71-69-67-65-63-61-59-57-55-53-51-49-47-45-43-41-39-36-34-32-30-28-26-24-22-20-18-16-14-12-10-8-6-4-2/h5-8,11-14,17-20,23-26,29-32,35-37,39-40,42,46,48,52,54,58,60,77H,3-4,9-10,15-16,21-22,27-28,33-34,38,41,43-45,47,49-51,53,55-57,59,61-76,80H2,1-2H3,(H,83,84)/b7-5-,8-6-,13-11-,14-12-,19-17-,20-18-,25-23-,26-24-,31-29-,32-30-,37-35-,39-36-,42-40-,48-46-,54-52-,60-58-. The molecule has 89 heavy (non-hydrogen) atoms. The van der Waals surface area contributed by atoms with Gasteiger partial charge in [-0.1, -0.05) is 298 Å². The minimum absolute atomic E-state index is 0.0390. The lowest BCUT2D eigenvalue weighted by molar-refractivity contribution is -0.161. The maximum atomic E-state index is 12.8. The summed E-state index contributed by atoms with van der Waals surface area (Å²) in [5, 5.41) is 0. The van der Waals surface area contributed by atoms with E-state index in [9.17, 15) is 19.0 Å². The van der Waals surface area contributed by atoms with Gasteiger partial charge in [-0.3, -0.25) is 18.6 Å². The third-order valence-electron chi connectivity index (χ3n) is 14.0. The molecule has 0 aliphatic carbocycles. The molecule has 0 saturated heterocycles. The summed E-state index contributed by atoms with van der Waals surface area (Å²) in [6.07, 6.45) is 109. The summed E-state index contributed by atoms with van der Waals surface area (Å²) in [6, 6.07) is 0. The summed E-state index contributed by atoms with van der Waals surface area (Å²) in [4.78, 5) is 35.4. The van der Waals surface area contributed by atoms with E-state index < -0.39 is 32.5 Å². The van der Waals surface area contributed by atoms with Gasteiger partial charge in [0.1, 0.15) is 6.61 Å². The molecule has 0 bridgehead atoms. The maximum absolute atomic E-state index is 12.8. The predicted octanol–water partition coefficient (Wildman–Crippen LogP) is 23.3. The van der Waals surface area contributed by atoms with Crippen LogP contribution in [-0.4, -0.2) is 49.3 Å². The molecule has 3 N–H and O–H groups in total. The maximum Gasteiger partial charge on any atom is 0.472 e. The highest BCUT2D eigenvalue weighted by Crippen LogP contribution is 2.43. The molecular formula is C79H126NO8P. The Balaban J connectivity index is 4.02. The van der Waals surface area contributed by atoms with Crippen LogP contribution >= 0.6 is 7.82 Å². The number of phosphoric ester groups is 1. The predicted molar refractivity (Wildman–Crippen MR) is 385 cm³/mol. The van der Waals surface area contributed by atoms with E-state index in [1.165, 1.54) is 70.6 Å². The van der Waals surface area contributed by atoms with E-state index in [4.69, 9.17) is 24.3 Å². The Morgan fingerprint density at radius 3 is 0.865 bits per heavy atom. The second-order valence-electron chi connectivity index (χ2n) is 22.3. The Kier molecular flexibility index (Phi) is 67.8. The van der Waals surface area contributed by atoms with E-state index in [0.29, 0.717) is 6.42 Å². The molecule has 0 spiro atoms. The molecule has 0 aliphatic rings. The molecule has 500 valence electrons.